The summed E-state index contributed by atoms with van der Waals surface area (Å²) < 4.78 is 1.68. The average Bonchev–Trinajstić information content (AvgIpc) is 2.88. The molecule has 0 aromatic carbocycles. The first-order valence-electron chi connectivity index (χ1n) is 7.10. The summed E-state index contributed by atoms with van der Waals surface area (Å²) in [6.45, 7) is 0. The van der Waals surface area contributed by atoms with Gasteiger partial charge in [-0.3, -0.25) is 4.40 Å². The second kappa shape index (κ2) is 5.44. The highest BCUT2D eigenvalue weighted by Gasteiger charge is 2.26. The Morgan fingerprint density at radius 2 is 2.10 bits per heavy atom. The Morgan fingerprint density at radius 1 is 1.40 bits per heavy atom. The summed E-state index contributed by atoms with van der Waals surface area (Å²) >= 11 is 1.47. The molecule has 0 radical (unpaired) electrons. The number of fused-ring (bicyclic) bond motifs is 1. The van der Waals surface area contributed by atoms with Gasteiger partial charge in [0.2, 0.25) is 0 Å². The van der Waals surface area contributed by atoms with Crippen molar-refractivity contribution < 1.29 is 9.90 Å². The molecule has 0 spiro atoms. The molecular formula is C14H19N3O2S. The zero-order chi connectivity index (χ0) is 14.1. The summed E-state index contributed by atoms with van der Waals surface area (Å²) in [5, 5.41) is 11.4. The Kier molecular flexibility index (Phi) is 3.65. The van der Waals surface area contributed by atoms with E-state index in [1.165, 1.54) is 37.0 Å². The normalized spacial score (nSPS) is 17.2. The van der Waals surface area contributed by atoms with Crippen molar-refractivity contribution in [2.75, 3.05) is 11.9 Å². The highest BCUT2D eigenvalue weighted by molar-refractivity contribution is 7.15. The topological polar surface area (TPSA) is 57.8 Å². The van der Waals surface area contributed by atoms with Gasteiger partial charge in [0.1, 0.15) is 0 Å². The van der Waals surface area contributed by atoms with E-state index in [1.54, 1.807) is 10.6 Å². The van der Waals surface area contributed by atoms with Crippen LogP contribution in [0.4, 0.5) is 5.82 Å². The Balaban J connectivity index is 1.97. The molecule has 3 rings (SSSR count). The van der Waals surface area contributed by atoms with Crippen molar-refractivity contribution in [1.29, 1.82) is 0 Å². The van der Waals surface area contributed by atoms with E-state index in [2.05, 4.69) is 9.88 Å². The van der Waals surface area contributed by atoms with Crippen LogP contribution in [0.15, 0.2) is 11.6 Å². The van der Waals surface area contributed by atoms with Crippen LogP contribution in [-0.4, -0.2) is 33.6 Å². The lowest BCUT2D eigenvalue weighted by molar-refractivity contribution is 0.0690. The van der Waals surface area contributed by atoms with E-state index in [-0.39, 0.29) is 5.69 Å². The third kappa shape index (κ3) is 2.28. The molecule has 2 heterocycles. The smallest absolute Gasteiger partial charge is 0.356 e. The first-order valence-corrected chi connectivity index (χ1v) is 7.98. The third-order valence-electron chi connectivity index (χ3n) is 4.15. The van der Waals surface area contributed by atoms with Gasteiger partial charge in [0, 0.05) is 24.7 Å². The van der Waals surface area contributed by atoms with Crippen LogP contribution < -0.4 is 4.90 Å². The Morgan fingerprint density at radius 3 is 2.75 bits per heavy atom. The molecular weight excluding hydrogens is 274 g/mol. The van der Waals surface area contributed by atoms with Gasteiger partial charge in [0.05, 0.1) is 0 Å². The van der Waals surface area contributed by atoms with Gasteiger partial charge in [-0.1, -0.05) is 25.7 Å². The molecule has 20 heavy (non-hydrogen) atoms. The minimum atomic E-state index is -0.911. The lowest BCUT2D eigenvalue weighted by Crippen LogP contribution is -2.32. The van der Waals surface area contributed by atoms with E-state index in [1.807, 2.05) is 12.4 Å². The second-order valence-electron chi connectivity index (χ2n) is 5.40. The van der Waals surface area contributed by atoms with E-state index in [0.717, 1.165) is 17.8 Å². The fourth-order valence-electron chi connectivity index (χ4n) is 3.04. The molecule has 108 valence electrons. The van der Waals surface area contributed by atoms with Crippen LogP contribution in [0.2, 0.25) is 0 Å². The number of imidazole rings is 1. The number of carbonyl (C=O) groups is 1. The first-order chi connectivity index (χ1) is 9.68. The fourth-order valence-corrected chi connectivity index (χ4v) is 3.75. The number of thiazole rings is 1. The summed E-state index contributed by atoms with van der Waals surface area (Å²) in [6.07, 6.45) is 9.05. The molecule has 1 aliphatic carbocycles. The largest absolute Gasteiger partial charge is 0.476 e. The number of rotatable bonds is 3. The van der Waals surface area contributed by atoms with Gasteiger partial charge in [-0.15, -0.1) is 11.3 Å². The molecule has 1 saturated carbocycles. The molecule has 6 heteroatoms. The number of hydrogen-bond donors (Lipinski definition) is 1. The van der Waals surface area contributed by atoms with Gasteiger partial charge >= 0.3 is 5.97 Å². The number of carboxylic acids is 1. The van der Waals surface area contributed by atoms with Crippen molar-refractivity contribution in [2.45, 2.75) is 44.6 Å². The summed E-state index contributed by atoms with van der Waals surface area (Å²) in [5.41, 5.74) is 0.285. The maximum atomic E-state index is 11.6. The summed E-state index contributed by atoms with van der Waals surface area (Å²) in [5.74, 6) is -0.303. The van der Waals surface area contributed by atoms with Crippen molar-refractivity contribution in [3.8, 4) is 0 Å². The van der Waals surface area contributed by atoms with Gasteiger partial charge in [-0.25, -0.2) is 9.78 Å². The molecule has 0 bridgehead atoms. The number of nitrogens with zero attached hydrogens (tertiary/aromatic N) is 3. The van der Waals surface area contributed by atoms with Gasteiger partial charge in [0.25, 0.3) is 0 Å². The van der Waals surface area contributed by atoms with Crippen molar-refractivity contribution in [1.82, 2.24) is 9.38 Å². The second-order valence-corrected chi connectivity index (χ2v) is 6.27. The number of carboxylic acid groups (broad SMARTS) is 1. The van der Waals surface area contributed by atoms with Gasteiger partial charge in [0.15, 0.2) is 16.5 Å². The molecule has 1 aliphatic rings. The lowest BCUT2D eigenvalue weighted by Gasteiger charge is -2.27. The van der Waals surface area contributed by atoms with Crippen molar-refractivity contribution in [2.24, 2.45) is 0 Å². The zero-order valence-corrected chi connectivity index (χ0v) is 12.4. The molecule has 0 unspecified atom stereocenters. The van der Waals surface area contributed by atoms with Crippen LogP contribution in [0.1, 0.15) is 49.0 Å². The maximum absolute atomic E-state index is 11.6. The van der Waals surface area contributed by atoms with Gasteiger partial charge in [-0.2, -0.15) is 0 Å². The SMILES string of the molecule is CN(c1nc2sccn2c1C(=O)O)C1CCCCCC1. The van der Waals surface area contributed by atoms with Crippen LogP contribution in [0.25, 0.3) is 4.96 Å². The minimum absolute atomic E-state index is 0.285. The van der Waals surface area contributed by atoms with E-state index in [0.29, 0.717) is 11.9 Å². The minimum Gasteiger partial charge on any atom is -0.476 e. The predicted octanol–water partition coefficient (Wildman–Crippen LogP) is 3.25. The maximum Gasteiger partial charge on any atom is 0.356 e. The summed E-state index contributed by atoms with van der Waals surface area (Å²) in [6, 6.07) is 0.403. The molecule has 2 aromatic rings. The summed E-state index contributed by atoms with van der Waals surface area (Å²) in [7, 11) is 1.98. The Bertz CT molecular complexity index is 611. The molecule has 5 nitrogen and oxygen atoms in total. The molecule has 0 amide bonds. The number of hydrogen-bond acceptors (Lipinski definition) is 4. The Hall–Kier alpha value is -1.56. The zero-order valence-electron chi connectivity index (χ0n) is 11.6. The molecule has 1 N–H and O–H groups in total. The molecule has 1 fully saturated rings. The average molecular weight is 293 g/mol. The van der Waals surface area contributed by atoms with Crippen LogP contribution in [0.5, 0.6) is 0 Å². The molecule has 0 aliphatic heterocycles. The standard InChI is InChI=1S/C14H19N3O2S/c1-16(10-6-4-2-3-5-7-10)12-11(13(18)19)17-8-9-20-14(17)15-12/h8-10H,2-7H2,1H3,(H,18,19). The monoisotopic (exact) mass is 293 g/mol. The van der Waals surface area contributed by atoms with Crippen LogP contribution in [-0.2, 0) is 0 Å². The third-order valence-corrected chi connectivity index (χ3v) is 4.91. The van der Waals surface area contributed by atoms with Gasteiger partial charge < -0.3 is 10.0 Å². The lowest BCUT2D eigenvalue weighted by atomic mass is 10.1. The molecule has 0 saturated heterocycles. The number of aromatic carboxylic acids is 1. The quantitative estimate of drug-likeness (QED) is 0.883. The summed E-state index contributed by atoms with van der Waals surface area (Å²) in [4.78, 5) is 18.9. The van der Waals surface area contributed by atoms with Crippen molar-refractivity contribution in [3.63, 3.8) is 0 Å². The highest BCUT2D eigenvalue weighted by Crippen LogP contribution is 2.29. The van der Waals surface area contributed by atoms with E-state index in [9.17, 15) is 9.90 Å². The Labute approximate surface area is 121 Å². The van der Waals surface area contributed by atoms with Gasteiger partial charge in [-0.05, 0) is 12.8 Å². The van der Waals surface area contributed by atoms with Crippen LogP contribution >= 0.6 is 11.3 Å². The van der Waals surface area contributed by atoms with Crippen LogP contribution in [0.3, 0.4) is 0 Å². The number of aromatic nitrogens is 2. The van der Waals surface area contributed by atoms with Crippen LogP contribution in [0, 0.1) is 0 Å². The van der Waals surface area contributed by atoms with Crippen molar-refractivity contribution in [3.05, 3.63) is 17.3 Å². The predicted molar refractivity (Wildman–Crippen MR) is 79.9 cm³/mol. The van der Waals surface area contributed by atoms with E-state index < -0.39 is 5.97 Å². The first kappa shape index (κ1) is 13.4. The highest BCUT2D eigenvalue weighted by atomic mass is 32.1. The van der Waals surface area contributed by atoms with E-state index in [4.69, 9.17) is 0 Å². The molecule has 2 aromatic heterocycles. The number of anilines is 1. The fraction of sp³-hybridized carbons (Fsp3) is 0.571. The van der Waals surface area contributed by atoms with Crippen molar-refractivity contribution >= 4 is 28.1 Å². The molecule has 0 atom stereocenters. The van der Waals surface area contributed by atoms with E-state index >= 15 is 0 Å².